The van der Waals surface area contributed by atoms with Crippen LogP contribution in [0.15, 0.2) is 42.9 Å². The highest BCUT2D eigenvalue weighted by molar-refractivity contribution is 5.94. The molecule has 1 aromatic heterocycles. The molecule has 0 aliphatic rings. The summed E-state index contributed by atoms with van der Waals surface area (Å²) in [6.07, 6.45) is 3.13. The Morgan fingerprint density at radius 1 is 1.18 bits per heavy atom. The van der Waals surface area contributed by atoms with Crippen LogP contribution in [0.4, 0.5) is 11.5 Å². The van der Waals surface area contributed by atoms with Crippen LogP contribution in [0.3, 0.4) is 0 Å². The van der Waals surface area contributed by atoms with Crippen molar-refractivity contribution in [1.29, 1.82) is 0 Å². The molecule has 0 aliphatic heterocycles. The number of carbonyl (C=O) groups excluding carboxylic acids is 1. The average Bonchev–Trinajstić information content (AvgIpc) is 2.40. The standard InChI is InChI=1S/C12H12N4O/c1-13-12(17)9-2-4-10(5-3-9)16-11-6-7-14-8-15-11/h2-8H,1H3,(H,13,17)(H,14,15,16). The second-order valence-corrected chi connectivity index (χ2v) is 3.38. The first-order valence-corrected chi connectivity index (χ1v) is 5.15. The van der Waals surface area contributed by atoms with Gasteiger partial charge in [-0.05, 0) is 30.3 Å². The molecule has 1 aromatic carbocycles. The van der Waals surface area contributed by atoms with Crippen molar-refractivity contribution >= 4 is 17.4 Å². The van der Waals surface area contributed by atoms with E-state index >= 15 is 0 Å². The van der Waals surface area contributed by atoms with Crippen LogP contribution in [0.2, 0.25) is 0 Å². The molecule has 0 bridgehead atoms. The second-order valence-electron chi connectivity index (χ2n) is 3.38. The van der Waals surface area contributed by atoms with Crippen molar-refractivity contribution in [2.24, 2.45) is 0 Å². The van der Waals surface area contributed by atoms with Crippen molar-refractivity contribution in [1.82, 2.24) is 15.3 Å². The summed E-state index contributed by atoms with van der Waals surface area (Å²) in [4.78, 5) is 19.2. The molecule has 0 fully saturated rings. The fourth-order valence-corrected chi connectivity index (χ4v) is 1.36. The lowest BCUT2D eigenvalue weighted by Crippen LogP contribution is -2.17. The van der Waals surface area contributed by atoms with E-state index in [0.29, 0.717) is 11.4 Å². The number of aromatic nitrogens is 2. The quantitative estimate of drug-likeness (QED) is 0.837. The van der Waals surface area contributed by atoms with Gasteiger partial charge in [-0.1, -0.05) is 0 Å². The molecular formula is C12H12N4O. The van der Waals surface area contributed by atoms with Crippen molar-refractivity contribution in [2.75, 3.05) is 12.4 Å². The second kappa shape index (κ2) is 5.07. The van der Waals surface area contributed by atoms with E-state index in [0.717, 1.165) is 5.69 Å². The fraction of sp³-hybridized carbons (Fsp3) is 0.0833. The normalized spacial score (nSPS) is 9.71. The Labute approximate surface area is 98.9 Å². The number of anilines is 2. The van der Waals surface area contributed by atoms with Gasteiger partial charge in [-0.3, -0.25) is 4.79 Å². The summed E-state index contributed by atoms with van der Waals surface area (Å²) >= 11 is 0. The van der Waals surface area contributed by atoms with E-state index in [1.807, 2.05) is 12.1 Å². The van der Waals surface area contributed by atoms with Gasteiger partial charge in [-0.15, -0.1) is 0 Å². The van der Waals surface area contributed by atoms with Crippen LogP contribution >= 0.6 is 0 Å². The van der Waals surface area contributed by atoms with Crippen LogP contribution in [-0.2, 0) is 0 Å². The van der Waals surface area contributed by atoms with Crippen molar-refractivity contribution < 1.29 is 4.79 Å². The lowest BCUT2D eigenvalue weighted by molar-refractivity contribution is 0.0963. The maximum atomic E-state index is 11.3. The summed E-state index contributed by atoms with van der Waals surface area (Å²) in [5.74, 6) is 0.617. The highest BCUT2D eigenvalue weighted by Gasteiger charge is 2.02. The van der Waals surface area contributed by atoms with Crippen molar-refractivity contribution in [2.45, 2.75) is 0 Å². The van der Waals surface area contributed by atoms with Crippen LogP contribution in [0.1, 0.15) is 10.4 Å². The van der Waals surface area contributed by atoms with Crippen molar-refractivity contribution in [3.63, 3.8) is 0 Å². The van der Waals surface area contributed by atoms with Gasteiger partial charge in [0.25, 0.3) is 5.91 Å². The summed E-state index contributed by atoms with van der Waals surface area (Å²) < 4.78 is 0. The number of rotatable bonds is 3. The van der Waals surface area contributed by atoms with Gasteiger partial charge in [-0.25, -0.2) is 9.97 Å². The van der Waals surface area contributed by atoms with E-state index in [1.165, 1.54) is 6.33 Å². The van der Waals surface area contributed by atoms with Crippen LogP contribution in [0, 0.1) is 0 Å². The summed E-state index contributed by atoms with van der Waals surface area (Å²) in [5.41, 5.74) is 1.50. The predicted molar refractivity (Wildman–Crippen MR) is 65.1 cm³/mol. The molecule has 0 saturated carbocycles. The summed E-state index contributed by atoms with van der Waals surface area (Å²) in [7, 11) is 1.61. The maximum Gasteiger partial charge on any atom is 0.251 e. The third-order valence-corrected chi connectivity index (χ3v) is 2.23. The number of nitrogens with one attached hydrogen (secondary N) is 2. The van der Waals surface area contributed by atoms with Gasteiger partial charge in [-0.2, -0.15) is 0 Å². The molecule has 0 radical (unpaired) electrons. The molecule has 1 amide bonds. The molecule has 0 unspecified atom stereocenters. The summed E-state index contributed by atoms with van der Waals surface area (Å²) in [6, 6.07) is 8.93. The number of hydrogen-bond acceptors (Lipinski definition) is 4. The first-order valence-electron chi connectivity index (χ1n) is 5.15. The Morgan fingerprint density at radius 3 is 2.53 bits per heavy atom. The fourth-order valence-electron chi connectivity index (χ4n) is 1.36. The minimum Gasteiger partial charge on any atom is -0.355 e. The molecule has 5 nitrogen and oxygen atoms in total. The van der Waals surface area contributed by atoms with Crippen LogP contribution in [0.5, 0.6) is 0 Å². The third kappa shape index (κ3) is 2.78. The molecule has 5 heteroatoms. The Hall–Kier alpha value is -2.43. The molecule has 86 valence electrons. The molecule has 0 saturated heterocycles. The molecule has 0 atom stereocenters. The van der Waals surface area contributed by atoms with E-state index in [2.05, 4.69) is 20.6 Å². The van der Waals surface area contributed by atoms with Gasteiger partial charge in [0.15, 0.2) is 0 Å². The Kier molecular flexibility index (Phi) is 3.30. The van der Waals surface area contributed by atoms with Crippen molar-refractivity contribution in [3.8, 4) is 0 Å². The zero-order valence-electron chi connectivity index (χ0n) is 9.34. The highest BCUT2D eigenvalue weighted by atomic mass is 16.1. The van der Waals surface area contributed by atoms with Crippen molar-refractivity contribution in [3.05, 3.63) is 48.4 Å². The molecule has 0 spiro atoms. The van der Waals surface area contributed by atoms with Crippen LogP contribution < -0.4 is 10.6 Å². The van der Waals surface area contributed by atoms with Gasteiger partial charge in [0.1, 0.15) is 12.1 Å². The van der Waals surface area contributed by atoms with Crippen LogP contribution in [-0.4, -0.2) is 22.9 Å². The number of carbonyl (C=O) groups is 1. The average molecular weight is 228 g/mol. The first-order chi connectivity index (χ1) is 8.29. The monoisotopic (exact) mass is 228 g/mol. The van der Waals surface area contributed by atoms with Gasteiger partial charge in [0.2, 0.25) is 0 Å². The Bertz CT molecular complexity index is 496. The Balaban J connectivity index is 2.11. The predicted octanol–water partition coefficient (Wildman–Crippen LogP) is 1.58. The molecule has 2 rings (SSSR count). The zero-order chi connectivity index (χ0) is 12.1. The lowest BCUT2D eigenvalue weighted by atomic mass is 10.2. The minimum absolute atomic E-state index is 0.0985. The maximum absolute atomic E-state index is 11.3. The van der Waals surface area contributed by atoms with E-state index in [-0.39, 0.29) is 5.91 Å². The van der Waals surface area contributed by atoms with Gasteiger partial charge in [0, 0.05) is 24.5 Å². The van der Waals surface area contributed by atoms with Gasteiger partial charge < -0.3 is 10.6 Å². The number of nitrogens with zero attached hydrogens (tertiary/aromatic N) is 2. The van der Waals surface area contributed by atoms with Gasteiger partial charge >= 0.3 is 0 Å². The largest absolute Gasteiger partial charge is 0.355 e. The molecule has 2 aromatic rings. The lowest BCUT2D eigenvalue weighted by Gasteiger charge is -2.05. The highest BCUT2D eigenvalue weighted by Crippen LogP contribution is 2.14. The Morgan fingerprint density at radius 2 is 1.94 bits per heavy atom. The topological polar surface area (TPSA) is 66.9 Å². The number of amides is 1. The number of benzene rings is 1. The molecule has 17 heavy (non-hydrogen) atoms. The van der Waals surface area contributed by atoms with E-state index in [1.54, 1.807) is 31.4 Å². The first kappa shape index (κ1) is 11.1. The van der Waals surface area contributed by atoms with E-state index in [4.69, 9.17) is 0 Å². The van der Waals surface area contributed by atoms with E-state index in [9.17, 15) is 4.79 Å². The summed E-state index contributed by atoms with van der Waals surface area (Å²) in [5, 5.41) is 5.68. The van der Waals surface area contributed by atoms with Gasteiger partial charge in [0.05, 0.1) is 0 Å². The molecule has 2 N–H and O–H groups in total. The number of hydrogen-bond donors (Lipinski definition) is 2. The molecular weight excluding hydrogens is 216 g/mol. The van der Waals surface area contributed by atoms with E-state index < -0.39 is 0 Å². The van der Waals surface area contributed by atoms with Crippen LogP contribution in [0.25, 0.3) is 0 Å². The molecule has 1 heterocycles. The third-order valence-electron chi connectivity index (χ3n) is 2.23. The molecule has 0 aliphatic carbocycles. The smallest absolute Gasteiger partial charge is 0.251 e. The SMILES string of the molecule is CNC(=O)c1ccc(Nc2ccncn2)cc1. The summed E-state index contributed by atoms with van der Waals surface area (Å²) in [6.45, 7) is 0. The zero-order valence-corrected chi connectivity index (χ0v) is 9.34. The minimum atomic E-state index is -0.0985.